The number of anilines is 2. The fourth-order valence-electron chi connectivity index (χ4n) is 5.50. The molecule has 1 saturated heterocycles. The Labute approximate surface area is 252 Å². The van der Waals surface area contributed by atoms with E-state index in [1.807, 2.05) is 0 Å². The number of carbonyl (C=O) groups is 3. The van der Waals surface area contributed by atoms with Crippen LogP contribution in [0.1, 0.15) is 43.5 Å². The van der Waals surface area contributed by atoms with Crippen LogP contribution in [0, 0.1) is 16.0 Å². The lowest BCUT2D eigenvalue weighted by Crippen LogP contribution is -2.54. The third kappa shape index (κ3) is 5.81. The zero-order valence-electron chi connectivity index (χ0n) is 24.2. The number of β-lactam (4-membered cyclic amide) rings is 1. The van der Waals surface area contributed by atoms with Crippen molar-refractivity contribution < 1.29 is 34.3 Å². The topological polar surface area (TPSA) is 181 Å². The first-order valence-corrected chi connectivity index (χ1v) is 14.1. The quantitative estimate of drug-likeness (QED) is 0.102. The SMILES string of the molecule is CC(=O)OC1CC(=O)N1c1cccc(CN2C(=O)[C@@](O)([C@@H](C)/C=C/CCn3cc(CCO)nn3)c3cc([N+](=O)[O-])ccc32)c1. The molecule has 2 aliphatic heterocycles. The smallest absolute Gasteiger partial charge is 0.304 e. The fraction of sp³-hybridized carbons (Fsp3) is 0.367. The van der Waals surface area contributed by atoms with Crippen LogP contribution in [0.3, 0.4) is 0 Å². The van der Waals surface area contributed by atoms with Gasteiger partial charge in [0.15, 0.2) is 11.8 Å². The molecule has 2 N–H and O–H groups in total. The van der Waals surface area contributed by atoms with Gasteiger partial charge in [0, 0.05) is 62.0 Å². The van der Waals surface area contributed by atoms with Crippen molar-refractivity contribution in [2.75, 3.05) is 16.4 Å². The maximum atomic E-state index is 13.9. The number of carbonyl (C=O) groups excluding carboxylic acids is 3. The van der Waals surface area contributed by atoms with Gasteiger partial charge in [0.25, 0.3) is 11.6 Å². The highest BCUT2D eigenvalue weighted by Crippen LogP contribution is 2.47. The number of nitrogens with zero attached hydrogens (tertiary/aromatic N) is 6. The summed E-state index contributed by atoms with van der Waals surface area (Å²) in [6, 6.07) is 10.8. The average Bonchev–Trinajstić information content (AvgIpc) is 3.51. The van der Waals surface area contributed by atoms with Crippen LogP contribution < -0.4 is 9.80 Å². The largest absolute Gasteiger partial charge is 0.441 e. The van der Waals surface area contributed by atoms with Gasteiger partial charge in [-0.25, -0.2) is 0 Å². The van der Waals surface area contributed by atoms with Gasteiger partial charge in [0.05, 0.1) is 29.3 Å². The summed E-state index contributed by atoms with van der Waals surface area (Å²) >= 11 is 0. The Balaban J connectivity index is 1.38. The number of nitro benzene ring substituents is 1. The van der Waals surface area contributed by atoms with Crippen molar-refractivity contribution >= 4 is 34.8 Å². The number of aliphatic hydroxyl groups excluding tert-OH is 1. The third-order valence-corrected chi connectivity index (χ3v) is 7.76. The van der Waals surface area contributed by atoms with E-state index >= 15 is 0 Å². The number of nitro groups is 1. The lowest BCUT2D eigenvalue weighted by atomic mass is 9.82. The Kier molecular flexibility index (Phi) is 8.56. The van der Waals surface area contributed by atoms with Gasteiger partial charge in [-0.1, -0.05) is 36.4 Å². The summed E-state index contributed by atoms with van der Waals surface area (Å²) in [5, 5.41) is 40.6. The van der Waals surface area contributed by atoms with Gasteiger partial charge in [-0.2, -0.15) is 0 Å². The number of rotatable bonds is 12. The van der Waals surface area contributed by atoms with E-state index in [0.717, 1.165) is 0 Å². The molecular weight excluding hydrogens is 572 g/mol. The number of fused-ring (bicyclic) bond motifs is 1. The summed E-state index contributed by atoms with van der Waals surface area (Å²) in [4.78, 5) is 51.5. The van der Waals surface area contributed by atoms with Gasteiger partial charge in [-0.3, -0.25) is 34.1 Å². The minimum absolute atomic E-state index is 0.0129. The van der Waals surface area contributed by atoms with Crippen LogP contribution in [0.2, 0.25) is 0 Å². The van der Waals surface area contributed by atoms with E-state index in [0.29, 0.717) is 42.0 Å². The first-order valence-electron chi connectivity index (χ1n) is 14.1. The summed E-state index contributed by atoms with van der Waals surface area (Å²) in [7, 11) is 0. The molecule has 3 aromatic rings. The molecule has 0 radical (unpaired) electrons. The highest BCUT2D eigenvalue weighted by molar-refractivity contribution is 6.07. The normalized spacial score (nSPS) is 20.1. The third-order valence-electron chi connectivity index (χ3n) is 7.76. The number of aryl methyl sites for hydroxylation is 1. The maximum absolute atomic E-state index is 13.9. The second-order valence-corrected chi connectivity index (χ2v) is 10.8. The predicted octanol–water partition coefficient (Wildman–Crippen LogP) is 2.36. The number of amides is 2. The minimum atomic E-state index is -2.08. The van der Waals surface area contributed by atoms with Crippen LogP contribution in [-0.4, -0.2) is 60.7 Å². The number of hydrogen-bond acceptors (Lipinski definition) is 10. The number of benzene rings is 2. The Hall–Kier alpha value is -4.95. The van der Waals surface area contributed by atoms with Crippen LogP contribution in [0.5, 0.6) is 0 Å². The summed E-state index contributed by atoms with van der Waals surface area (Å²) < 4.78 is 6.84. The molecule has 1 aromatic heterocycles. The number of aliphatic hydroxyl groups is 2. The molecule has 230 valence electrons. The predicted molar refractivity (Wildman–Crippen MR) is 156 cm³/mol. The summed E-state index contributed by atoms with van der Waals surface area (Å²) in [5.74, 6) is -2.12. The number of non-ortho nitro benzene ring substituents is 1. The van der Waals surface area contributed by atoms with Gasteiger partial charge in [-0.05, 0) is 30.2 Å². The number of allylic oxidation sites excluding steroid dienone is 1. The van der Waals surface area contributed by atoms with E-state index in [1.54, 1.807) is 54.2 Å². The Morgan fingerprint density at radius 3 is 2.77 bits per heavy atom. The second-order valence-electron chi connectivity index (χ2n) is 10.8. The van der Waals surface area contributed by atoms with E-state index in [2.05, 4.69) is 10.3 Å². The van der Waals surface area contributed by atoms with E-state index in [9.17, 15) is 29.6 Å². The van der Waals surface area contributed by atoms with Crippen LogP contribution >= 0.6 is 0 Å². The molecule has 3 heterocycles. The zero-order valence-corrected chi connectivity index (χ0v) is 24.2. The van der Waals surface area contributed by atoms with Gasteiger partial charge >= 0.3 is 5.97 Å². The monoisotopic (exact) mass is 604 g/mol. The summed E-state index contributed by atoms with van der Waals surface area (Å²) in [6.45, 7) is 3.40. The Morgan fingerprint density at radius 2 is 2.07 bits per heavy atom. The Morgan fingerprint density at radius 1 is 1.27 bits per heavy atom. The minimum Gasteiger partial charge on any atom is -0.441 e. The lowest BCUT2D eigenvalue weighted by molar-refractivity contribution is -0.385. The van der Waals surface area contributed by atoms with Crippen LogP contribution in [0.15, 0.2) is 60.8 Å². The van der Waals surface area contributed by atoms with Crippen molar-refractivity contribution in [2.24, 2.45) is 5.92 Å². The van der Waals surface area contributed by atoms with Gasteiger partial charge in [0.1, 0.15) is 0 Å². The molecule has 14 nitrogen and oxygen atoms in total. The molecule has 44 heavy (non-hydrogen) atoms. The molecule has 2 aromatic carbocycles. The molecule has 5 rings (SSSR count). The number of aromatic nitrogens is 3. The first kappa shape index (κ1) is 30.5. The van der Waals surface area contributed by atoms with Gasteiger partial charge < -0.3 is 19.8 Å². The lowest BCUT2D eigenvalue weighted by Gasteiger charge is -2.39. The molecule has 3 atom stereocenters. The molecule has 0 saturated carbocycles. The Bertz CT molecular complexity index is 1640. The van der Waals surface area contributed by atoms with E-state index in [1.165, 1.54) is 34.9 Å². The van der Waals surface area contributed by atoms with Gasteiger partial charge in [-0.15, -0.1) is 5.10 Å². The maximum Gasteiger partial charge on any atom is 0.304 e. The van der Waals surface area contributed by atoms with Crippen LogP contribution in [0.25, 0.3) is 0 Å². The van der Waals surface area contributed by atoms with E-state index in [4.69, 9.17) is 9.84 Å². The van der Waals surface area contributed by atoms with Crippen LogP contribution in [-0.2, 0) is 44.2 Å². The highest BCUT2D eigenvalue weighted by Gasteiger charge is 2.53. The van der Waals surface area contributed by atoms with Crippen molar-refractivity contribution in [3.05, 3.63) is 87.7 Å². The zero-order chi connectivity index (χ0) is 31.6. The summed E-state index contributed by atoms with van der Waals surface area (Å²) in [6.07, 6.45) is 5.50. The molecule has 2 aliphatic rings. The summed E-state index contributed by atoms with van der Waals surface area (Å²) in [5.41, 5.74) is -0.0863. The molecule has 1 fully saturated rings. The first-order chi connectivity index (χ1) is 21.0. The van der Waals surface area contributed by atoms with Gasteiger partial charge in [0.2, 0.25) is 5.91 Å². The molecule has 0 aliphatic carbocycles. The number of ether oxygens (including phenoxy) is 1. The average molecular weight is 605 g/mol. The molecule has 2 amide bonds. The van der Waals surface area contributed by atoms with Crippen molar-refractivity contribution in [3.63, 3.8) is 0 Å². The fourth-order valence-corrected chi connectivity index (χ4v) is 5.50. The van der Waals surface area contributed by atoms with E-state index < -0.39 is 34.5 Å². The standard InChI is InChI=1S/C30H32N6O8/c1-19(6-3-4-12-33-18-22(11-13-37)31-32-33)30(41)25-15-24(36(42)43)9-10-26(25)34(29(30)40)17-21-7-5-8-23(14-21)35-27(39)16-28(35)44-20(2)38/h3,5-10,14-15,18-19,28,37,41H,4,11-13,16-17H2,1-2H3/b6-3+/t19-,28?,30+/m0/s1. The molecular formula is C30H32N6O8. The second kappa shape index (κ2) is 12.3. The van der Waals surface area contributed by atoms with Crippen molar-refractivity contribution in [1.82, 2.24) is 15.0 Å². The highest BCUT2D eigenvalue weighted by atomic mass is 16.6. The van der Waals surface area contributed by atoms with Crippen molar-refractivity contribution in [1.29, 1.82) is 0 Å². The molecule has 0 bridgehead atoms. The molecule has 1 unspecified atom stereocenters. The molecule has 14 heteroatoms. The number of hydrogen-bond donors (Lipinski definition) is 2. The molecule has 0 spiro atoms. The van der Waals surface area contributed by atoms with Crippen LogP contribution in [0.4, 0.5) is 17.1 Å². The van der Waals surface area contributed by atoms with Crippen molar-refractivity contribution in [2.45, 2.75) is 58.0 Å². The van der Waals surface area contributed by atoms with Crippen molar-refractivity contribution in [3.8, 4) is 0 Å². The number of esters is 1. The van der Waals surface area contributed by atoms with E-state index in [-0.39, 0.29) is 36.7 Å².